The second-order valence-electron chi connectivity index (χ2n) is 5.05. The predicted octanol–water partition coefficient (Wildman–Crippen LogP) is 3.89. The molecule has 1 aliphatic heterocycles. The summed E-state index contributed by atoms with van der Waals surface area (Å²) in [6, 6.07) is 22.2. The molecule has 2 aromatic carbocycles. The summed E-state index contributed by atoms with van der Waals surface area (Å²) in [6.45, 7) is 1.11. The SMILES string of the molecule is c1ccc([C@@H]2CCN[C@H](c3ccccc3)C2)cc1. The van der Waals surface area contributed by atoms with E-state index in [9.17, 15) is 0 Å². The van der Waals surface area contributed by atoms with E-state index in [0.717, 1.165) is 6.54 Å². The molecule has 0 radical (unpaired) electrons. The minimum atomic E-state index is 0.505. The predicted molar refractivity (Wildman–Crippen MR) is 75.6 cm³/mol. The van der Waals surface area contributed by atoms with E-state index in [1.54, 1.807) is 0 Å². The monoisotopic (exact) mass is 237 g/mol. The Labute approximate surface area is 109 Å². The van der Waals surface area contributed by atoms with Crippen molar-refractivity contribution >= 4 is 0 Å². The molecule has 2 aromatic rings. The molecule has 1 fully saturated rings. The number of nitrogens with one attached hydrogen (secondary N) is 1. The maximum Gasteiger partial charge on any atom is 0.0326 e. The molecule has 1 heterocycles. The van der Waals surface area contributed by atoms with Gasteiger partial charge in [-0.2, -0.15) is 0 Å². The molecule has 2 atom stereocenters. The Kier molecular flexibility index (Phi) is 3.42. The van der Waals surface area contributed by atoms with Crippen molar-refractivity contribution in [3.63, 3.8) is 0 Å². The summed E-state index contributed by atoms with van der Waals surface area (Å²) in [5.74, 6) is 0.692. The van der Waals surface area contributed by atoms with Gasteiger partial charge in [-0.15, -0.1) is 0 Å². The lowest BCUT2D eigenvalue weighted by molar-refractivity contribution is 0.370. The van der Waals surface area contributed by atoms with E-state index in [1.165, 1.54) is 24.0 Å². The van der Waals surface area contributed by atoms with E-state index < -0.39 is 0 Å². The van der Waals surface area contributed by atoms with Crippen molar-refractivity contribution in [1.82, 2.24) is 5.32 Å². The Balaban J connectivity index is 1.77. The number of benzene rings is 2. The van der Waals surface area contributed by atoms with E-state index in [0.29, 0.717) is 12.0 Å². The molecule has 0 saturated carbocycles. The molecule has 0 aromatic heterocycles. The van der Waals surface area contributed by atoms with Crippen LogP contribution >= 0.6 is 0 Å². The molecule has 3 rings (SSSR count). The highest BCUT2D eigenvalue weighted by Gasteiger charge is 2.23. The maximum atomic E-state index is 3.64. The van der Waals surface area contributed by atoms with Gasteiger partial charge >= 0.3 is 0 Å². The smallest absolute Gasteiger partial charge is 0.0326 e. The summed E-state index contributed by atoms with van der Waals surface area (Å²) in [5, 5.41) is 3.64. The standard InChI is InChI=1S/C17H19N/c1-3-7-14(8-4-1)16-11-12-18-17(13-16)15-9-5-2-6-10-15/h1-10,16-18H,11-13H2/t16-,17+/m1/s1. The Bertz CT molecular complexity index is 432. The zero-order valence-corrected chi connectivity index (χ0v) is 10.5. The summed E-state index contributed by atoms with van der Waals surface area (Å²) in [7, 11) is 0. The summed E-state index contributed by atoms with van der Waals surface area (Å²) in [5.41, 5.74) is 2.90. The van der Waals surface area contributed by atoms with E-state index in [4.69, 9.17) is 0 Å². The zero-order valence-electron chi connectivity index (χ0n) is 10.5. The van der Waals surface area contributed by atoms with Crippen molar-refractivity contribution in [1.29, 1.82) is 0 Å². The molecule has 1 saturated heterocycles. The highest BCUT2D eigenvalue weighted by molar-refractivity contribution is 5.24. The van der Waals surface area contributed by atoms with Crippen molar-refractivity contribution in [2.45, 2.75) is 24.8 Å². The van der Waals surface area contributed by atoms with Crippen molar-refractivity contribution in [3.05, 3.63) is 71.8 Å². The third-order valence-electron chi connectivity index (χ3n) is 3.88. The first kappa shape index (κ1) is 11.5. The summed E-state index contributed by atoms with van der Waals surface area (Å²) < 4.78 is 0. The molecule has 0 amide bonds. The first-order valence-electron chi connectivity index (χ1n) is 6.77. The van der Waals surface area contributed by atoms with Crippen LogP contribution in [0.2, 0.25) is 0 Å². The van der Waals surface area contributed by atoms with Crippen molar-refractivity contribution in [3.8, 4) is 0 Å². The molecular formula is C17H19N. The fraction of sp³-hybridized carbons (Fsp3) is 0.294. The van der Waals surface area contributed by atoms with Crippen LogP contribution in [0.4, 0.5) is 0 Å². The van der Waals surface area contributed by atoms with Crippen molar-refractivity contribution < 1.29 is 0 Å². The van der Waals surface area contributed by atoms with Gasteiger partial charge in [-0.05, 0) is 36.4 Å². The van der Waals surface area contributed by atoms with Crippen molar-refractivity contribution in [2.24, 2.45) is 0 Å². The molecule has 1 heteroatoms. The average Bonchev–Trinajstić information content (AvgIpc) is 2.49. The third kappa shape index (κ3) is 2.46. The van der Waals surface area contributed by atoms with Crippen LogP contribution in [-0.2, 0) is 0 Å². The molecule has 92 valence electrons. The summed E-state index contributed by atoms with van der Waals surface area (Å²) in [4.78, 5) is 0. The Hall–Kier alpha value is -1.60. The largest absolute Gasteiger partial charge is 0.310 e. The number of piperidine rings is 1. The van der Waals surface area contributed by atoms with Gasteiger partial charge in [-0.3, -0.25) is 0 Å². The molecule has 0 aliphatic carbocycles. The third-order valence-corrected chi connectivity index (χ3v) is 3.88. The van der Waals surface area contributed by atoms with Gasteiger partial charge in [0, 0.05) is 6.04 Å². The van der Waals surface area contributed by atoms with Gasteiger partial charge in [0.2, 0.25) is 0 Å². The molecule has 18 heavy (non-hydrogen) atoms. The number of hydrogen-bond acceptors (Lipinski definition) is 1. The molecule has 0 spiro atoms. The molecule has 1 nitrogen and oxygen atoms in total. The number of rotatable bonds is 2. The Morgan fingerprint density at radius 2 is 1.39 bits per heavy atom. The topological polar surface area (TPSA) is 12.0 Å². The van der Waals surface area contributed by atoms with E-state index in [1.807, 2.05) is 0 Å². The second-order valence-corrected chi connectivity index (χ2v) is 5.05. The molecule has 0 unspecified atom stereocenters. The van der Waals surface area contributed by atoms with Crippen molar-refractivity contribution in [2.75, 3.05) is 6.54 Å². The fourth-order valence-corrected chi connectivity index (χ4v) is 2.88. The summed E-state index contributed by atoms with van der Waals surface area (Å²) in [6.07, 6.45) is 2.45. The Morgan fingerprint density at radius 1 is 0.778 bits per heavy atom. The zero-order chi connectivity index (χ0) is 12.2. The fourth-order valence-electron chi connectivity index (χ4n) is 2.88. The first-order valence-corrected chi connectivity index (χ1v) is 6.77. The summed E-state index contributed by atoms with van der Waals surface area (Å²) >= 11 is 0. The van der Waals surface area contributed by atoms with Crippen LogP contribution in [0.15, 0.2) is 60.7 Å². The van der Waals surface area contributed by atoms with Crippen LogP contribution < -0.4 is 5.32 Å². The van der Waals surface area contributed by atoms with E-state index in [2.05, 4.69) is 66.0 Å². The van der Waals surface area contributed by atoms with Gasteiger partial charge in [0.15, 0.2) is 0 Å². The van der Waals surface area contributed by atoms with Crippen LogP contribution in [0, 0.1) is 0 Å². The van der Waals surface area contributed by atoms with Crippen LogP contribution in [0.1, 0.15) is 35.9 Å². The average molecular weight is 237 g/mol. The van der Waals surface area contributed by atoms with Gasteiger partial charge in [-0.25, -0.2) is 0 Å². The molecule has 0 bridgehead atoms. The van der Waals surface area contributed by atoms with E-state index in [-0.39, 0.29) is 0 Å². The quantitative estimate of drug-likeness (QED) is 0.835. The Morgan fingerprint density at radius 3 is 2.06 bits per heavy atom. The lowest BCUT2D eigenvalue weighted by atomic mass is 9.84. The van der Waals surface area contributed by atoms with Gasteiger partial charge in [-0.1, -0.05) is 60.7 Å². The van der Waals surface area contributed by atoms with Crippen LogP contribution in [0.5, 0.6) is 0 Å². The molecular weight excluding hydrogens is 218 g/mol. The van der Waals surface area contributed by atoms with Crippen LogP contribution in [0.25, 0.3) is 0 Å². The highest BCUT2D eigenvalue weighted by Crippen LogP contribution is 2.33. The lowest BCUT2D eigenvalue weighted by Gasteiger charge is -2.31. The lowest BCUT2D eigenvalue weighted by Crippen LogP contribution is -2.30. The molecule has 1 aliphatic rings. The minimum absolute atomic E-state index is 0.505. The van der Waals surface area contributed by atoms with Crippen LogP contribution in [-0.4, -0.2) is 6.54 Å². The van der Waals surface area contributed by atoms with Gasteiger partial charge in [0.05, 0.1) is 0 Å². The van der Waals surface area contributed by atoms with Crippen LogP contribution in [0.3, 0.4) is 0 Å². The highest BCUT2D eigenvalue weighted by atomic mass is 14.9. The van der Waals surface area contributed by atoms with Gasteiger partial charge < -0.3 is 5.32 Å². The van der Waals surface area contributed by atoms with Gasteiger partial charge in [0.1, 0.15) is 0 Å². The molecule has 1 N–H and O–H groups in total. The maximum absolute atomic E-state index is 3.64. The van der Waals surface area contributed by atoms with E-state index >= 15 is 0 Å². The number of hydrogen-bond donors (Lipinski definition) is 1. The first-order chi connectivity index (χ1) is 8.93. The van der Waals surface area contributed by atoms with Gasteiger partial charge in [0.25, 0.3) is 0 Å². The second kappa shape index (κ2) is 5.36. The normalized spacial score (nSPS) is 23.8. The minimum Gasteiger partial charge on any atom is -0.310 e.